The van der Waals surface area contributed by atoms with Crippen molar-refractivity contribution >= 4 is 10.2 Å². The van der Waals surface area contributed by atoms with Crippen molar-refractivity contribution in [2.75, 3.05) is 13.6 Å². The van der Waals surface area contributed by atoms with E-state index in [0.29, 0.717) is 6.42 Å². The zero-order valence-corrected chi connectivity index (χ0v) is 14.9. The van der Waals surface area contributed by atoms with Gasteiger partial charge in [-0.15, -0.1) is 0 Å². The van der Waals surface area contributed by atoms with Crippen LogP contribution in [0.4, 0.5) is 4.39 Å². The van der Waals surface area contributed by atoms with E-state index in [4.69, 9.17) is 4.42 Å². The van der Waals surface area contributed by atoms with Crippen LogP contribution in [0.1, 0.15) is 37.5 Å². The van der Waals surface area contributed by atoms with Crippen molar-refractivity contribution in [2.24, 2.45) is 0 Å². The van der Waals surface area contributed by atoms with Crippen LogP contribution in [0, 0.1) is 5.82 Å². The first-order valence-electron chi connectivity index (χ1n) is 7.82. The van der Waals surface area contributed by atoms with Gasteiger partial charge in [0.2, 0.25) is 0 Å². The summed E-state index contributed by atoms with van der Waals surface area (Å²) in [5.74, 6) is 0.266. The average molecular weight is 354 g/mol. The highest BCUT2D eigenvalue weighted by atomic mass is 32.2. The smallest absolute Gasteiger partial charge is 0.279 e. The van der Waals surface area contributed by atoms with Gasteiger partial charge in [0.15, 0.2) is 0 Å². The van der Waals surface area contributed by atoms with Gasteiger partial charge in [0.25, 0.3) is 10.2 Å². The van der Waals surface area contributed by atoms with Gasteiger partial charge in [-0.05, 0) is 50.1 Å². The van der Waals surface area contributed by atoms with Crippen LogP contribution in [-0.2, 0) is 10.2 Å². The molecule has 1 heterocycles. The Labute approximate surface area is 142 Å². The van der Waals surface area contributed by atoms with Crippen molar-refractivity contribution in [3.05, 3.63) is 59.8 Å². The lowest BCUT2D eigenvalue weighted by molar-refractivity contribution is 0.400. The summed E-state index contributed by atoms with van der Waals surface area (Å²) in [5, 5.41) is 0. The molecule has 0 aliphatic carbocycles. The van der Waals surface area contributed by atoms with Gasteiger partial charge < -0.3 is 4.42 Å². The SMILES string of the molecule is CC(C)N(C)S(=O)(=O)NCC[C@@H](c1ccc(F)cc1)c1ccco1. The normalized spacial score (nSPS) is 13.6. The summed E-state index contributed by atoms with van der Waals surface area (Å²) < 4.78 is 46.8. The predicted octanol–water partition coefficient (Wildman–Crippen LogP) is 3.12. The highest BCUT2D eigenvalue weighted by Crippen LogP contribution is 2.28. The summed E-state index contributed by atoms with van der Waals surface area (Å²) in [6.45, 7) is 3.87. The molecule has 1 atom stereocenters. The molecule has 0 saturated carbocycles. The zero-order chi connectivity index (χ0) is 17.7. The molecule has 0 fully saturated rings. The van der Waals surface area contributed by atoms with E-state index in [9.17, 15) is 12.8 Å². The van der Waals surface area contributed by atoms with Gasteiger partial charge in [0.05, 0.1) is 6.26 Å². The maximum atomic E-state index is 13.1. The van der Waals surface area contributed by atoms with E-state index >= 15 is 0 Å². The van der Waals surface area contributed by atoms with Gasteiger partial charge in [-0.25, -0.2) is 9.11 Å². The molecule has 5 nitrogen and oxygen atoms in total. The fraction of sp³-hybridized carbons (Fsp3) is 0.412. The average Bonchev–Trinajstić information content (AvgIpc) is 3.06. The molecule has 0 amide bonds. The molecule has 7 heteroatoms. The van der Waals surface area contributed by atoms with Crippen molar-refractivity contribution in [3.8, 4) is 0 Å². The Balaban J connectivity index is 2.09. The van der Waals surface area contributed by atoms with Gasteiger partial charge in [-0.1, -0.05) is 12.1 Å². The molecule has 0 unspecified atom stereocenters. The molecule has 132 valence electrons. The molecular formula is C17H23FN2O3S. The standard InChI is InChI=1S/C17H23FN2O3S/c1-13(2)20(3)24(21,22)19-11-10-16(17-5-4-12-23-17)14-6-8-15(18)9-7-14/h4-9,12-13,16,19H,10-11H2,1-3H3/t16-/m0/s1. The molecule has 0 saturated heterocycles. The minimum Gasteiger partial charge on any atom is -0.469 e. The second-order valence-corrected chi connectivity index (χ2v) is 7.73. The van der Waals surface area contributed by atoms with Crippen LogP contribution in [-0.4, -0.2) is 32.4 Å². The Morgan fingerprint density at radius 1 is 1.21 bits per heavy atom. The molecule has 0 aliphatic heterocycles. The topological polar surface area (TPSA) is 62.6 Å². The number of rotatable bonds is 8. The molecular weight excluding hydrogens is 331 g/mol. The number of nitrogens with zero attached hydrogens (tertiary/aromatic N) is 1. The fourth-order valence-corrected chi connectivity index (χ4v) is 3.50. The van der Waals surface area contributed by atoms with E-state index in [1.54, 1.807) is 24.5 Å². The summed E-state index contributed by atoms with van der Waals surface area (Å²) >= 11 is 0. The van der Waals surface area contributed by atoms with Crippen LogP contribution in [0.25, 0.3) is 0 Å². The van der Waals surface area contributed by atoms with E-state index in [-0.39, 0.29) is 24.3 Å². The third-order valence-corrected chi connectivity index (χ3v) is 5.73. The Morgan fingerprint density at radius 3 is 2.42 bits per heavy atom. The van der Waals surface area contributed by atoms with Gasteiger partial charge in [-0.2, -0.15) is 12.7 Å². The first kappa shape index (κ1) is 18.6. The maximum absolute atomic E-state index is 13.1. The maximum Gasteiger partial charge on any atom is 0.279 e. The summed E-state index contributed by atoms with van der Waals surface area (Å²) in [6, 6.07) is 9.66. The minimum absolute atomic E-state index is 0.125. The first-order chi connectivity index (χ1) is 11.3. The summed E-state index contributed by atoms with van der Waals surface area (Å²) in [7, 11) is -1.98. The number of benzene rings is 1. The van der Waals surface area contributed by atoms with Crippen LogP contribution >= 0.6 is 0 Å². The van der Waals surface area contributed by atoms with E-state index in [1.165, 1.54) is 23.5 Å². The highest BCUT2D eigenvalue weighted by molar-refractivity contribution is 7.87. The molecule has 1 aromatic carbocycles. The van der Waals surface area contributed by atoms with E-state index in [2.05, 4.69) is 4.72 Å². The van der Waals surface area contributed by atoms with Crippen molar-refractivity contribution < 1.29 is 17.2 Å². The van der Waals surface area contributed by atoms with Crippen molar-refractivity contribution in [3.63, 3.8) is 0 Å². The number of furan rings is 1. The lowest BCUT2D eigenvalue weighted by atomic mass is 9.93. The number of nitrogens with one attached hydrogen (secondary N) is 1. The van der Waals surface area contributed by atoms with Crippen LogP contribution in [0.2, 0.25) is 0 Å². The number of halogens is 1. The third kappa shape index (κ3) is 4.66. The molecule has 24 heavy (non-hydrogen) atoms. The number of hydrogen-bond acceptors (Lipinski definition) is 3. The molecule has 1 aromatic heterocycles. The molecule has 0 bridgehead atoms. The van der Waals surface area contributed by atoms with E-state index in [0.717, 1.165) is 11.3 Å². The van der Waals surface area contributed by atoms with Gasteiger partial charge in [0.1, 0.15) is 11.6 Å². The van der Waals surface area contributed by atoms with Crippen LogP contribution in [0.15, 0.2) is 47.1 Å². The quantitative estimate of drug-likeness (QED) is 0.792. The molecule has 0 spiro atoms. The molecule has 2 aromatic rings. The highest BCUT2D eigenvalue weighted by Gasteiger charge is 2.22. The zero-order valence-electron chi connectivity index (χ0n) is 14.1. The van der Waals surface area contributed by atoms with Gasteiger partial charge in [-0.3, -0.25) is 0 Å². The largest absolute Gasteiger partial charge is 0.469 e. The first-order valence-corrected chi connectivity index (χ1v) is 9.26. The Kier molecular flexibility index (Phi) is 6.15. The summed E-state index contributed by atoms with van der Waals surface area (Å²) in [4.78, 5) is 0. The molecule has 0 radical (unpaired) electrons. The molecule has 1 N–H and O–H groups in total. The lowest BCUT2D eigenvalue weighted by Crippen LogP contribution is -2.42. The number of hydrogen-bond donors (Lipinski definition) is 1. The minimum atomic E-state index is -3.52. The Morgan fingerprint density at radius 2 is 1.88 bits per heavy atom. The molecule has 2 rings (SSSR count). The van der Waals surface area contributed by atoms with Crippen molar-refractivity contribution in [1.82, 2.24) is 9.03 Å². The Hall–Kier alpha value is -1.70. The van der Waals surface area contributed by atoms with Crippen LogP contribution < -0.4 is 4.72 Å². The lowest BCUT2D eigenvalue weighted by Gasteiger charge is -2.22. The van der Waals surface area contributed by atoms with Crippen molar-refractivity contribution in [2.45, 2.75) is 32.2 Å². The summed E-state index contributed by atoms with van der Waals surface area (Å²) in [6.07, 6.45) is 2.08. The predicted molar refractivity (Wildman–Crippen MR) is 91.4 cm³/mol. The van der Waals surface area contributed by atoms with E-state index in [1.807, 2.05) is 19.9 Å². The second-order valence-electron chi connectivity index (χ2n) is 5.92. The Bertz CT molecular complexity index is 728. The molecule has 0 aliphatic rings. The van der Waals surface area contributed by atoms with Crippen LogP contribution in [0.5, 0.6) is 0 Å². The monoisotopic (exact) mass is 354 g/mol. The summed E-state index contributed by atoms with van der Waals surface area (Å²) in [5.41, 5.74) is 0.878. The fourth-order valence-electron chi connectivity index (χ4n) is 2.37. The van der Waals surface area contributed by atoms with Gasteiger partial charge in [0, 0.05) is 25.6 Å². The van der Waals surface area contributed by atoms with E-state index < -0.39 is 10.2 Å². The van der Waals surface area contributed by atoms with Gasteiger partial charge >= 0.3 is 0 Å². The van der Waals surface area contributed by atoms with Crippen LogP contribution in [0.3, 0.4) is 0 Å². The van der Waals surface area contributed by atoms with Crippen molar-refractivity contribution in [1.29, 1.82) is 0 Å². The second kappa shape index (κ2) is 7.92. The third-order valence-electron chi connectivity index (χ3n) is 3.98.